The van der Waals surface area contributed by atoms with Crippen molar-refractivity contribution in [3.05, 3.63) is 5.56 Å². The first-order valence-corrected chi connectivity index (χ1v) is 7.92. The van der Waals surface area contributed by atoms with Crippen molar-refractivity contribution in [1.29, 1.82) is 5.26 Å². The number of nitrogens with zero attached hydrogens (tertiary/aromatic N) is 3. The SMILES string of the molecule is N#Cc1c(N)nsc1N1CCC2(CCCCC2)CC1. The van der Waals surface area contributed by atoms with Gasteiger partial charge in [-0.2, -0.15) is 9.64 Å². The topological polar surface area (TPSA) is 65.9 Å². The predicted octanol–water partition coefficient (Wildman–Crippen LogP) is 3.15. The molecule has 0 bridgehead atoms. The summed E-state index contributed by atoms with van der Waals surface area (Å²) in [5.41, 5.74) is 6.91. The number of hydrogen-bond acceptors (Lipinski definition) is 5. The van der Waals surface area contributed by atoms with Crippen molar-refractivity contribution in [3.63, 3.8) is 0 Å². The number of nitrogens with two attached hydrogens (primary N) is 1. The van der Waals surface area contributed by atoms with E-state index < -0.39 is 0 Å². The fraction of sp³-hybridized carbons (Fsp3) is 0.714. The molecular weight excluding hydrogens is 256 g/mol. The maximum Gasteiger partial charge on any atom is 0.157 e. The Balaban J connectivity index is 1.71. The maximum absolute atomic E-state index is 9.17. The van der Waals surface area contributed by atoms with Crippen molar-refractivity contribution in [1.82, 2.24) is 4.37 Å². The lowest BCUT2D eigenvalue weighted by molar-refractivity contribution is 0.144. The molecule has 5 heteroatoms. The third kappa shape index (κ3) is 2.30. The smallest absolute Gasteiger partial charge is 0.157 e. The van der Waals surface area contributed by atoms with E-state index in [9.17, 15) is 5.26 Å². The summed E-state index contributed by atoms with van der Waals surface area (Å²) < 4.78 is 4.12. The van der Waals surface area contributed by atoms with Crippen LogP contribution in [0.15, 0.2) is 0 Å². The molecule has 1 aromatic heterocycles. The lowest BCUT2D eigenvalue weighted by atomic mass is 9.68. The molecule has 0 unspecified atom stereocenters. The molecule has 2 N–H and O–H groups in total. The number of hydrogen-bond donors (Lipinski definition) is 1. The first-order valence-electron chi connectivity index (χ1n) is 7.14. The fourth-order valence-electron chi connectivity index (χ4n) is 3.60. The second-order valence-corrected chi connectivity index (χ2v) is 6.66. The summed E-state index contributed by atoms with van der Waals surface area (Å²) >= 11 is 1.37. The van der Waals surface area contributed by atoms with Crippen LogP contribution in [0.3, 0.4) is 0 Å². The molecule has 0 atom stereocenters. The van der Waals surface area contributed by atoms with Crippen LogP contribution in [0, 0.1) is 16.7 Å². The highest BCUT2D eigenvalue weighted by Gasteiger charge is 2.36. The predicted molar refractivity (Wildman–Crippen MR) is 78.2 cm³/mol. The summed E-state index contributed by atoms with van der Waals surface area (Å²) in [5, 5.41) is 10.1. The molecule has 1 aliphatic carbocycles. The summed E-state index contributed by atoms with van der Waals surface area (Å²) in [6, 6.07) is 2.19. The van der Waals surface area contributed by atoms with Gasteiger partial charge in [-0.05, 0) is 42.6 Å². The summed E-state index contributed by atoms with van der Waals surface area (Å²) in [7, 11) is 0. The zero-order valence-electron chi connectivity index (χ0n) is 11.2. The van der Waals surface area contributed by atoms with E-state index in [4.69, 9.17) is 5.73 Å². The molecule has 1 saturated heterocycles. The number of aromatic nitrogens is 1. The van der Waals surface area contributed by atoms with Gasteiger partial charge < -0.3 is 10.6 Å². The molecule has 2 heterocycles. The highest BCUT2D eigenvalue weighted by atomic mass is 32.1. The highest BCUT2D eigenvalue weighted by molar-refractivity contribution is 7.10. The molecule has 3 rings (SSSR count). The first kappa shape index (κ1) is 12.7. The van der Waals surface area contributed by atoms with Gasteiger partial charge in [-0.3, -0.25) is 0 Å². The molecule has 102 valence electrons. The zero-order valence-corrected chi connectivity index (χ0v) is 12.0. The third-order valence-electron chi connectivity index (χ3n) is 4.84. The van der Waals surface area contributed by atoms with E-state index in [0.29, 0.717) is 16.8 Å². The minimum Gasteiger partial charge on any atom is -0.382 e. The van der Waals surface area contributed by atoms with Crippen LogP contribution in [-0.4, -0.2) is 17.5 Å². The van der Waals surface area contributed by atoms with Crippen LogP contribution in [0.4, 0.5) is 10.8 Å². The van der Waals surface area contributed by atoms with Crippen molar-refractivity contribution in [2.45, 2.75) is 44.9 Å². The average molecular weight is 276 g/mol. The van der Waals surface area contributed by atoms with Crippen LogP contribution < -0.4 is 10.6 Å². The van der Waals surface area contributed by atoms with Crippen molar-refractivity contribution in [2.75, 3.05) is 23.7 Å². The molecule has 19 heavy (non-hydrogen) atoms. The minimum absolute atomic E-state index is 0.389. The molecule has 2 aliphatic rings. The summed E-state index contributed by atoms with van der Waals surface area (Å²) in [4.78, 5) is 2.31. The van der Waals surface area contributed by atoms with E-state index in [1.807, 2.05) is 0 Å². The molecule has 1 saturated carbocycles. The molecule has 2 fully saturated rings. The van der Waals surface area contributed by atoms with Crippen molar-refractivity contribution in [3.8, 4) is 6.07 Å². The highest BCUT2D eigenvalue weighted by Crippen LogP contribution is 2.46. The normalized spacial score (nSPS) is 22.4. The Morgan fingerprint density at radius 2 is 1.84 bits per heavy atom. The van der Waals surface area contributed by atoms with Crippen LogP contribution in [-0.2, 0) is 0 Å². The molecular formula is C14H20N4S. The number of nitrogen functional groups attached to an aromatic ring is 1. The summed E-state index contributed by atoms with van der Waals surface area (Å²) in [5.74, 6) is 0.389. The lowest BCUT2D eigenvalue weighted by Crippen LogP contribution is -2.41. The standard InChI is InChI=1S/C14H20N4S/c15-10-11-12(16)17-19-13(11)18-8-6-14(7-9-18)4-2-1-3-5-14/h1-9H2,(H2,16,17). The van der Waals surface area contributed by atoms with Gasteiger partial charge in [0.25, 0.3) is 0 Å². The van der Waals surface area contributed by atoms with Crippen LogP contribution in [0.2, 0.25) is 0 Å². The molecule has 0 aromatic carbocycles. The quantitative estimate of drug-likeness (QED) is 0.855. The van der Waals surface area contributed by atoms with Crippen LogP contribution in [0.25, 0.3) is 0 Å². The monoisotopic (exact) mass is 276 g/mol. The zero-order chi connectivity index (χ0) is 13.3. The summed E-state index contributed by atoms with van der Waals surface area (Å²) in [6.07, 6.45) is 9.53. The second kappa shape index (κ2) is 5.01. The number of piperidine rings is 1. The van der Waals surface area contributed by atoms with Gasteiger partial charge in [-0.25, -0.2) is 0 Å². The van der Waals surface area contributed by atoms with Crippen molar-refractivity contribution >= 4 is 22.4 Å². The van der Waals surface area contributed by atoms with Gasteiger partial charge in [-0.1, -0.05) is 19.3 Å². The van der Waals surface area contributed by atoms with E-state index in [1.165, 1.54) is 56.5 Å². The molecule has 0 radical (unpaired) electrons. The molecule has 1 spiro atoms. The Hall–Kier alpha value is -1.28. The number of nitriles is 1. The molecule has 1 aliphatic heterocycles. The summed E-state index contributed by atoms with van der Waals surface area (Å²) in [6.45, 7) is 2.10. The fourth-order valence-corrected chi connectivity index (χ4v) is 4.42. The van der Waals surface area contributed by atoms with E-state index in [-0.39, 0.29) is 0 Å². The molecule has 1 aromatic rings. The van der Waals surface area contributed by atoms with Gasteiger partial charge in [0.05, 0.1) is 0 Å². The Labute approximate surface area is 118 Å². The van der Waals surface area contributed by atoms with Gasteiger partial charge in [0, 0.05) is 13.1 Å². The van der Waals surface area contributed by atoms with Crippen LogP contribution >= 0.6 is 11.5 Å². The first-order chi connectivity index (χ1) is 9.24. The second-order valence-electron chi connectivity index (χ2n) is 5.91. The van der Waals surface area contributed by atoms with E-state index in [2.05, 4.69) is 15.3 Å². The van der Waals surface area contributed by atoms with Gasteiger partial charge >= 0.3 is 0 Å². The van der Waals surface area contributed by atoms with Gasteiger partial charge in [0.15, 0.2) is 5.82 Å². The third-order valence-corrected chi connectivity index (χ3v) is 5.76. The maximum atomic E-state index is 9.17. The Morgan fingerprint density at radius 1 is 1.16 bits per heavy atom. The van der Waals surface area contributed by atoms with Gasteiger partial charge in [-0.15, -0.1) is 0 Å². The van der Waals surface area contributed by atoms with Crippen LogP contribution in [0.5, 0.6) is 0 Å². The minimum atomic E-state index is 0.389. The molecule has 0 amide bonds. The largest absolute Gasteiger partial charge is 0.382 e. The van der Waals surface area contributed by atoms with E-state index in [0.717, 1.165) is 18.1 Å². The Morgan fingerprint density at radius 3 is 2.47 bits per heavy atom. The van der Waals surface area contributed by atoms with Crippen molar-refractivity contribution in [2.24, 2.45) is 5.41 Å². The number of anilines is 2. The number of rotatable bonds is 1. The van der Waals surface area contributed by atoms with Crippen molar-refractivity contribution < 1.29 is 0 Å². The van der Waals surface area contributed by atoms with Crippen LogP contribution in [0.1, 0.15) is 50.5 Å². The van der Waals surface area contributed by atoms with Gasteiger partial charge in [0.1, 0.15) is 16.6 Å². The van der Waals surface area contributed by atoms with E-state index >= 15 is 0 Å². The van der Waals surface area contributed by atoms with E-state index in [1.54, 1.807) is 0 Å². The average Bonchev–Trinajstić information content (AvgIpc) is 2.82. The molecule has 4 nitrogen and oxygen atoms in total. The lowest BCUT2D eigenvalue weighted by Gasteiger charge is -2.44. The Bertz CT molecular complexity index is 486. The van der Waals surface area contributed by atoms with Gasteiger partial charge in [0.2, 0.25) is 0 Å². The Kier molecular flexibility index (Phi) is 3.36.